The maximum atomic E-state index is 13.3. The van der Waals surface area contributed by atoms with Crippen LogP contribution in [0.3, 0.4) is 0 Å². The molecule has 0 unspecified atom stereocenters. The topological polar surface area (TPSA) is 61.4 Å². The Kier molecular flexibility index (Phi) is 5.83. The number of amides is 1. The Bertz CT molecular complexity index is 1650. The van der Waals surface area contributed by atoms with E-state index in [0.717, 1.165) is 27.6 Å². The number of aromatic nitrogens is 3. The first kappa shape index (κ1) is 23.2. The van der Waals surface area contributed by atoms with Gasteiger partial charge in [0.1, 0.15) is 0 Å². The van der Waals surface area contributed by atoms with Crippen molar-refractivity contribution < 1.29 is 9.53 Å². The summed E-state index contributed by atoms with van der Waals surface area (Å²) >= 11 is 0. The standard InChI is InChI=1S/C30H30N4O3/c1-21-28(24-12-6-7-13-25(24)33(21)20-22-10-4-3-5-11-22)37-30(36)32-18-16-23(17-19-32)34-27-15-9-8-14-26(27)31(2)29(34)35/h3-15,23H,16-20H2,1-2H3. The maximum Gasteiger partial charge on any atom is 0.415 e. The van der Waals surface area contributed by atoms with Crippen LogP contribution in [-0.4, -0.2) is 37.8 Å². The second-order valence-corrected chi connectivity index (χ2v) is 9.79. The normalized spacial score (nSPS) is 14.5. The van der Waals surface area contributed by atoms with E-state index in [4.69, 9.17) is 4.74 Å². The van der Waals surface area contributed by atoms with E-state index in [-0.39, 0.29) is 17.8 Å². The fourth-order valence-corrected chi connectivity index (χ4v) is 5.63. The van der Waals surface area contributed by atoms with Gasteiger partial charge in [0, 0.05) is 38.1 Å². The quantitative estimate of drug-likeness (QED) is 0.332. The van der Waals surface area contributed by atoms with Crippen LogP contribution in [-0.2, 0) is 13.6 Å². The van der Waals surface area contributed by atoms with Crippen LogP contribution in [0.4, 0.5) is 4.79 Å². The van der Waals surface area contributed by atoms with Crippen molar-refractivity contribution in [3.8, 4) is 5.75 Å². The molecule has 3 heterocycles. The fraction of sp³-hybridized carbons (Fsp3) is 0.267. The summed E-state index contributed by atoms with van der Waals surface area (Å²) in [5, 5.41) is 0.932. The highest BCUT2D eigenvalue weighted by Crippen LogP contribution is 2.34. The number of carbonyl (C=O) groups is 1. The lowest BCUT2D eigenvalue weighted by atomic mass is 10.0. The minimum Gasteiger partial charge on any atom is -0.408 e. The summed E-state index contributed by atoms with van der Waals surface area (Å²) in [6.07, 6.45) is 1.07. The van der Waals surface area contributed by atoms with Gasteiger partial charge in [0.2, 0.25) is 0 Å². The lowest BCUT2D eigenvalue weighted by Crippen LogP contribution is -2.42. The largest absolute Gasteiger partial charge is 0.415 e. The molecular weight excluding hydrogens is 464 g/mol. The lowest BCUT2D eigenvalue weighted by molar-refractivity contribution is 0.132. The Balaban J connectivity index is 1.21. The highest BCUT2D eigenvalue weighted by molar-refractivity contribution is 5.91. The van der Waals surface area contributed by atoms with Gasteiger partial charge in [-0.1, -0.05) is 54.6 Å². The SMILES string of the molecule is Cc1c(OC(=O)N2CCC(n3c(=O)n(C)c4ccccc43)CC2)c2ccccc2n1Cc1ccccc1. The Labute approximate surface area is 215 Å². The second-order valence-electron chi connectivity index (χ2n) is 9.79. The number of ether oxygens (including phenoxy) is 1. The lowest BCUT2D eigenvalue weighted by Gasteiger charge is -2.31. The van der Waals surface area contributed by atoms with Crippen LogP contribution in [0.2, 0.25) is 0 Å². The van der Waals surface area contributed by atoms with Crippen molar-refractivity contribution in [1.29, 1.82) is 0 Å². The number of piperidine rings is 1. The van der Waals surface area contributed by atoms with E-state index in [1.807, 2.05) is 79.2 Å². The van der Waals surface area contributed by atoms with Gasteiger partial charge >= 0.3 is 11.8 Å². The highest BCUT2D eigenvalue weighted by atomic mass is 16.6. The monoisotopic (exact) mass is 494 g/mol. The molecule has 0 radical (unpaired) electrons. The van der Waals surface area contributed by atoms with Crippen molar-refractivity contribution >= 4 is 28.0 Å². The van der Waals surface area contributed by atoms with Crippen molar-refractivity contribution in [1.82, 2.24) is 18.6 Å². The third-order valence-electron chi connectivity index (χ3n) is 7.63. The number of hydrogen-bond donors (Lipinski definition) is 0. The van der Waals surface area contributed by atoms with Crippen LogP contribution in [0.1, 0.15) is 30.1 Å². The highest BCUT2D eigenvalue weighted by Gasteiger charge is 2.29. The molecule has 1 amide bonds. The van der Waals surface area contributed by atoms with Crippen LogP contribution < -0.4 is 10.4 Å². The molecule has 0 aliphatic carbocycles. The molecule has 6 rings (SSSR count). The molecule has 7 heteroatoms. The van der Waals surface area contributed by atoms with Crippen LogP contribution in [0, 0.1) is 6.92 Å². The number of benzene rings is 3. The van der Waals surface area contributed by atoms with E-state index >= 15 is 0 Å². The number of rotatable bonds is 4. The van der Waals surface area contributed by atoms with E-state index in [2.05, 4.69) is 22.8 Å². The number of likely N-dealkylation sites (tertiary alicyclic amines) is 1. The van der Waals surface area contributed by atoms with Crippen LogP contribution in [0.5, 0.6) is 5.75 Å². The molecule has 1 aliphatic rings. The van der Waals surface area contributed by atoms with Crippen molar-refractivity contribution in [2.45, 2.75) is 32.4 Å². The molecule has 188 valence electrons. The van der Waals surface area contributed by atoms with Gasteiger partial charge < -0.3 is 14.2 Å². The molecule has 1 aliphatic heterocycles. The summed E-state index contributed by atoms with van der Waals surface area (Å²) < 4.78 is 11.8. The molecule has 0 spiro atoms. The van der Waals surface area contributed by atoms with Crippen LogP contribution in [0.15, 0.2) is 83.7 Å². The van der Waals surface area contributed by atoms with E-state index in [1.165, 1.54) is 5.56 Å². The summed E-state index contributed by atoms with van der Waals surface area (Å²) in [4.78, 5) is 28.0. The molecule has 3 aromatic carbocycles. The summed E-state index contributed by atoms with van der Waals surface area (Å²) in [5.41, 5.74) is 5.02. The van der Waals surface area contributed by atoms with Gasteiger partial charge in [-0.3, -0.25) is 9.13 Å². The molecule has 0 atom stereocenters. The van der Waals surface area contributed by atoms with Gasteiger partial charge in [-0.15, -0.1) is 0 Å². The van der Waals surface area contributed by atoms with Crippen molar-refractivity contribution in [3.05, 3.63) is 101 Å². The minimum absolute atomic E-state index is 0.0101. The Hall–Kier alpha value is -4.26. The van der Waals surface area contributed by atoms with Gasteiger partial charge in [0.15, 0.2) is 5.75 Å². The molecule has 1 saturated heterocycles. The molecule has 1 fully saturated rings. The molecule has 2 aromatic heterocycles. The van der Waals surface area contributed by atoms with Gasteiger partial charge in [-0.05, 0) is 49.6 Å². The second kappa shape index (κ2) is 9.32. The summed E-state index contributed by atoms with van der Waals surface area (Å²) in [7, 11) is 1.81. The number of fused-ring (bicyclic) bond motifs is 2. The molecule has 0 N–H and O–H groups in total. The predicted octanol–water partition coefficient (Wildman–Crippen LogP) is 5.49. The Morgan fingerprint density at radius 3 is 2.22 bits per heavy atom. The van der Waals surface area contributed by atoms with Crippen molar-refractivity contribution in [3.63, 3.8) is 0 Å². The first-order valence-corrected chi connectivity index (χ1v) is 12.8. The van der Waals surface area contributed by atoms with Gasteiger partial charge in [0.05, 0.1) is 22.2 Å². The molecular formula is C30H30N4O3. The first-order chi connectivity index (χ1) is 18.0. The molecule has 7 nitrogen and oxygen atoms in total. The maximum absolute atomic E-state index is 13.3. The summed E-state index contributed by atoms with van der Waals surface area (Å²) in [5.74, 6) is 0.615. The molecule has 0 bridgehead atoms. The predicted molar refractivity (Wildman–Crippen MR) is 145 cm³/mol. The van der Waals surface area contributed by atoms with Crippen molar-refractivity contribution in [2.24, 2.45) is 7.05 Å². The van der Waals surface area contributed by atoms with Gasteiger partial charge in [-0.2, -0.15) is 0 Å². The fourth-order valence-electron chi connectivity index (χ4n) is 5.63. The average molecular weight is 495 g/mol. The van der Waals surface area contributed by atoms with E-state index in [9.17, 15) is 9.59 Å². The number of para-hydroxylation sites is 3. The zero-order valence-electron chi connectivity index (χ0n) is 21.1. The summed E-state index contributed by atoms with van der Waals surface area (Å²) in [6.45, 7) is 3.79. The Morgan fingerprint density at radius 2 is 1.49 bits per heavy atom. The van der Waals surface area contributed by atoms with Crippen molar-refractivity contribution in [2.75, 3.05) is 13.1 Å². The third kappa shape index (κ3) is 4.00. The average Bonchev–Trinajstić information content (AvgIpc) is 3.35. The minimum atomic E-state index is -0.338. The van der Waals surface area contributed by atoms with Gasteiger partial charge in [0.25, 0.3) is 0 Å². The zero-order valence-corrected chi connectivity index (χ0v) is 21.1. The number of aryl methyl sites for hydroxylation is 1. The van der Waals surface area contributed by atoms with Crippen LogP contribution in [0.25, 0.3) is 21.9 Å². The molecule has 0 saturated carbocycles. The number of carbonyl (C=O) groups excluding carboxylic acids is 1. The number of hydrogen-bond acceptors (Lipinski definition) is 3. The summed E-state index contributed by atoms with van der Waals surface area (Å²) in [6, 6.07) is 26.3. The Morgan fingerprint density at radius 1 is 0.865 bits per heavy atom. The number of nitrogens with zero attached hydrogens (tertiary/aromatic N) is 4. The first-order valence-electron chi connectivity index (χ1n) is 12.8. The number of imidazole rings is 1. The zero-order chi connectivity index (χ0) is 25.5. The third-order valence-corrected chi connectivity index (χ3v) is 7.63. The van der Waals surface area contributed by atoms with E-state index < -0.39 is 0 Å². The van der Waals surface area contributed by atoms with E-state index in [0.29, 0.717) is 38.2 Å². The molecule has 37 heavy (non-hydrogen) atoms. The van der Waals surface area contributed by atoms with Crippen LogP contribution >= 0.6 is 0 Å². The van der Waals surface area contributed by atoms with E-state index in [1.54, 1.807) is 9.47 Å². The molecule has 5 aromatic rings. The van der Waals surface area contributed by atoms with Gasteiger partial charge in [-0.25, -0.2) is 9.59 Å². The smallest absolute Gasteiger partial charge is 0.408 e.